The number of hydrogen-bond donors (Lipinski definition) is 0. The summed E-state index contributed by atoms with van der Waals surface area (Å²) in [5, 5.41) is 0. The van der Waals surface area contributed by atoms with Gasteiger partial charge in [-0.1, -0.05) is 41.4 Å². The number of para-hydroxylation sites is 1. The first kappa shape index (κ1) is 15.6. The Morgan fingerprint density at radius 2 is 1.75 bits per heavy atom. The first-order valence-electron chi connectivity index (χ1n) is 5.88. The Morgan fingerprint density at radius 3 is 2.20 bits per heavy atom. The van der Waals surface area contributed by atoms with Gasteiger partial charge < -0.3 is 0 Å². The molecule has 0 radical (unpaired) electrons. The third-order valence-corrected chi connectivity index (χ3v) is 6.40. The van der Waals surface area contributed by atoms with Gasteiger partial charge in [0, 0.05) is 6.04 Å². The third kappa shape index (κ3) is 2.96. The van der Waals surface area contributed by atoms with Gasteiger partial charge >= 0.3 is 0 Å². The van der Waals surface area contributed by atoms with Crippen LogP contribution < -0.4 is 4.31 Å². The summed E-state index contributed by atoms with van der Waals surface area (Å²) in [5.41, 5.74) is 0.598. The molecule has 0 saturated heterocycles. The number of benzene rings is 1. The standard InChI is InChI=1S/C13H13Cl2NO2S2/c1-9(2)16(10-6-4-3-5-7-10)20(17,18)11-8-12(14)19-13(11)15/h3-9H,1-2H3. The van der Waals surface area contributed by atoms with Crippen molar-refractivity contribution < 1.29 is 8.42 Å². The monoisotopic (exact) mass is 349 g/mol. The lowest BCUT2D eigenvalue weighted by molar-refractivity contribution is 0.585. The van der Waals surface area contributed by atoms with Crippen LogP contribution in [0.15, 0.2) is 41.3 Å². The van der Waals surface area contributed by atoms with Gasteiger partial charge in [-0.25, -0.2) is 8.42 Å². The van der Waals surface area contributed by atoms with Crippen molar-refractivity contribution in [1.29, 1.82) is 0 Å². The molecule has 7 heteroatoms. The fourth-order valence-corrected chi connectivity index (χ4v) is 5.68. The first-order valence-corrected chi connectivity index (χ1v) is 8.89. The molecule has 3 nitrogen and oxygen atoms in total. The highest BCUT2D eigenvalue weighted by Crippen LogP contribution is 2.37. The second-order valence-corrected chi connectivity index (χ2v) is 8.49. The van der Waals surface area contributed by atoms with Crippen LogP contribution in [0.2, 0.25) is 8.67 Å². The van der Waals surface area contributed by atoms with Crippen molar-refractivity contribution in [3.05, 3.63) is 45.1 Å². The zero-order valence-corrected chi connectivity index (χ0v) is 14.0. The van der Waals surface area contributed by atoms with E-state index in [2.05, 4.69) is 0 Å². The molecule has 0 N–H and O–H groups in total. The van der Waals surface area contributed by atoms with E-state index in [4.69, 9.17) is 23.2 Å². The Hall–Kier alpha value is -0.750. The van der Waals surface area contributed by atoms with E-state index in [9.17, 15) is 8.42 Å². The van der Waals surface area contributed by atoms with Crippen LogP contribution in [0.3, 0.4) is 0 Å². The summed E-state index contributed by atoms with van der Waals surface area (Å²) in [6.45, 7) is 3.62. The Bertz CT molecular complexity index is 696. The molecular weight excluding hydrogens is 337 g/mol. The molecule has 108 valence electrons. The molecule has 0 aliphatic heterocycles. The Kier molecular flexibility index (Phi) is 4.64. The fraction of sp³-hybridized carbons (Fsp3) is 0.231. The number of halogens is 2. The molecule has 0 fully saturated rings. The van der Waals surface area contributed by atoms with Gasteiger partial charge in [0.05, 0.1) is 10.0 Å². The lowest BCUT2D eigenvalue weighted by atomic mass is 10.3. The predicted molar refractivity (Wildman–Crippen MR) is 85.6 cm³/mol. The van der Waals surface area contributed by atoms with Crippen LogP contribution >= 0.6 is 34.5 Å². The van der Waals surface area contributed by atoms with Crippen molar-refractivity contribution in [2.45, 2.75) is 24.8 Å². The molecule has 1 aromatic carbocycles. The van der Waals surface area contributed by atoms with Gasteiger partial charge in [0.15, 0.2) is 0 Å². The first-order chi connectivity index (χ1) is 9.34. The van der Waals surface area contributed by atoms with Gasteiger partial charge in [0.1, 0.15) is 9.23 Å². The smallest absolute Gasteiger partial charge is 0.264 e. The van der Waals surface area contributed by atoms with E-state index in [0.29, 0.717) is 10.0 Å². The van der Waals surface area contributed by atoms with Gasteiger partial charge in [-0.05, 0) is 32.0 Å². The van der Waals surface area contributed by atoms with Crippen LogP contribution in [-0.2, 0) is 10.0 Å². The molecule has 0 bridgehead atoms. The normalized spacial score (nSPS) is 11.8. The van der Waals surface area contributed by atoms with Crippen LogP contribution in [0.1, 0.15) is 13.8 Å². The second kappa shape index (κ2) is 5.93. The minimum absolute atomic E-state index is 0.0479. The maximum absolute atomic E-state index is 12.8. The lowest BCUT2D eigenvalue weighted by Crippen LogP contribution is -2.36. The van der Waals surface area contributed by atoms with Crippen LogP contribution in [0.25, 0.3) is 0 Å². The van der Waals surface area contributed by atoms with Crippen molar-refractivity contribution >= 4 is 50.2 Å². The van der Waals surface area contributed by atoms with E-state index in [1.807, 2.05) is 19.9 Å². The summed E-state index contributed by atoms with van der Waals surface area (Å²) in [6.07, 6.45) is 0. The highest BCUT2D eigenvalue weighted by Gasteiger charge is 2.30. The summed E-state index contributed by atoms with van der Waals surface area (Å²) in [7, 11) is -3.74. The molecule has 0 amide bonds. The number of sulfonamides is 1. The number of nitrogens with zero attached hydrogens (tertiary/aromatic N) is 1. The molecule has 0 spiro atoms. The molecule has 0 aliphatic carbocycles. The number of anilines is 1. The molecule has 20 heavy (non-hydrogen) atoms. The molecule has 0 unspecified atom stereocenters. The summed E-state index contributed by atoms with van der Waals surface area (Å²) in [4.78, 5) is 0.0479. The average Bonchev–Trinajstić information content (AvgIpc) is 2.70. The molecule has 0 aliphatic rings. The van der Waals surface area contributed by atoms with Crippen LogP contribution in [0.4, 0.5) is 5.69 Å². The van der Waals surface area contributed by atoms with Crippen molar-refractivity contribution in [2.75, 3.05) is 4.31 Å². The fourth-order valence-electron chi connectivity index (χ4n) is 1.90. The average molecular weight is 350 g/mol. The zero-order chi connectivity index (χ0) is 14.9. The lowest BCUT2D eigenvalue weighted by Gasteiger charge is -2.27. The SMILES string of the molecule is CC(C)N(c1ccccc1)S(=O)(=O)c1cc(Cl)sc1Cl. The number of rotatable bonds is 4. The summed E-state index contributed by atoms with van der Waals surface area (Å²) in [6, 6.07) is 10.1. The Balaban J connectivity index is 2.57. The van der Waals surface area contributed by atoms with E-state index in [1.165, 1.54) is 10.4 Å². The quantitative estimate of drug-likeness (QED) is 0.804. The minimum atomic E-state index is -3.74. The van der Waals surface area contributed by atoms with Gasteiger partial charge in [0.2, 0.25) is 0 Å². The van der Waals surface area contributed by atoms with Gasteiger partial charge in [-0.3, -0.25) is 4.31 Å². The number of thiophene rings is 1. The molecule has 1 aromatic heterocycles. The van der Waals surface area contributed by atoms with Crippen molar-refractivity contribution in [2.24, 2.45) is 0 Å². The molecule has 2 rings (SSSR count). The van der Waals surface area contributed by atoms with Gasteiger partial charge in [-0.2, -0.15) is 0 Å². The van der Waals surface area contributed by atoms with E-state index < -0.39 is 10.0 Å². The van der Waals surface area contributed by atoms with E-state index >= 15 is 0 Å². The predicted octanol–water partition coefficient (Wildman–Crippen LogP) is 4.66. The highest BCUT2D eigenvalue weighted by atomic mass is 35.5. The molecular formula is C13H13Cl2NO2S2. The summed E-state index contributed by atoms with van der Waals surface area (Å²) >= 11 is 12.9. The highest BCUT2D eigenvalue weighted by molar-refractivity contribution is 7.93. The topological polar surface area (TPSA) is 37.4 Å². The largest absolute Gasteiger partial charge is 0.266 e. The molecule has 2 aromatic rings. The Morgan fingerprint density at radius 1 is 1.15 bits per heavy atom. The maximum Gasteiger partial charge on any atom is 0.266 e. The van der Waals surface area contributed by atoms with Crippen LogP contribution in [0, 0.1) is 0 Å². The van der Waals surface area contributed by atoms with Crippen molar-refractivity contribution in [3.63, 3.8) is 0 Å². The molecule has 0 atom stereocenters. The van der Waals surface area contributed by atoms with Gasteiger partial charge in [0.25, 0.3) is 10.0 Å². The number of hydrogen-bond acceptors (Lipinski definition) is 3. The summed E-state index contributed by atoms with van der Waals surface area (Å²) in [5.74, 6) is 0. The molecule has 0 saturated carbocycles. The van der Waals surface area contributed by atoms with E-state index in [1.54, 1.807) is 24.3 Å². The maximum atomic E-state index is 12.8. The molecule has 1 heterocycles. The second-order valence-electron chi connectivity index (χ2n) is 4.42. The van der Waals surface area contributed by atoms with E-state index in [0.717, 1.165) is 11.3 Å². The van der Waals surface area contributed by atoms with E-state index in [-0.39, 0.29) is 15.3 Å². The zero-order valence-electron chi connectivity index (χ0n) is 10.9. The van der Waals surface area contributed by atoms with Crippen LogP contribution in [0.5, 0.6) is 0 Å². The van der Waals surface area contributed by atoms with Crippen LogP contribution in [-0.4, -0.2) is 14.5 Å². The van der Waals surface area contributed by atoms with Crippen molar-refractivity contribution in [3.8, 4) is 0 Å². The Labute approximate surface area is 132 Å². The third-order valence-electron chi connectivity index (χ3n) is 2.64. The van der Waals surface area contributed by atoms with Crippen molar-refractivity contribution in [1.82, 2.24) is 0 Å². The summed E-state index contributed by atoms with van der Waals surface area (Å²) < 4.78 is 27.5. The minimum Gasteiger partial charge on any atom is -0.264 e. The van der Waals surface area contributed by atoms with Gasteiger partial charge in [-0.15, -0.1) is 11.3 Å².